The van der Waals surface area contributed by atoms with Gasteiger partial charge in [0.2, 0.25) is 0 Å². The van der Waals surface area contributed by atoms with E-state index in [2.05, 4.69) is 47.5 Å². The highest BCUT2D eigenvalue weighted by molar-refractivity contribution is 5.70. The predicted molar refractivity (Wildman–Crippen MR) is 231 cm³/mol. The Balaban J connectivity index is 4.46. The monoisotopic (exact) mass is 813 g/mol. The first-order chi connectivity index (χ1) is 27.6. The van der Waals surface area contributed by atoms with Gasteiger partial charge >= 0.3 is 23.9 Å². The van der Waals surface area contributed by atoms with Crippen molar-refractivity contribution >= 4 is 23.9 Å². The van der Waals surface area contributed by atoms with E-state index in [-0.39, 0.29) is 36.7 Å². The van der Waals surface area contributed by atoms with E-state index in [1.807, 2.05) is 0 Å². The summed E-state index contributed by atoms with van der Waals surface area (Å²) in [5.41, 5.74) is 0. The van der Waals surface area contributed by atoms with Gasteiger partial charge in [-0.15, -0.1) is 0 Å². The summed E-state index contributed by atoms with van der Waals surface area (Å²) in [7, 11) is 7.00. The molecule has 0 unspecified atom stereocenters. The first-order valence-electron chi connectivity index (χ1n) is 22.9. The van der Waals surface area contributed by atoms with Crippen LogP contribution in [0.4, 0.5) is 0 Å². The zero-order chi connectivity index (χ0) is 42.2. The molecule has 0 saturated heterocycles. The van der Waals surface area contributed by atoms with Crippen LogP contribution in [0.2, 0.25) is 0 Å². The molecule has 0 rings (SSSR count). The fraction of sp³-hybridized carbons (Fsp3) is 0.911. The number of hydrogen-bond acceptors (Lipinski definition) is 12. The number of rotatable bonds is 42. The van der Waals surface area contributed by atoms with Gasteiger partial charge in [-0.25, -0.2) is 0 Å². The van der Waals surface area contributed by atoms with Crippen LogP contribution < -0.4 is 0 Å². The van der Waals surface area contributed by atoms with Gasteiger partial charge in [-0.2, -0.15) is 0 Å². The first-order valence-corrected chi connectivity index (χ1v) is 22.9. The number of methoxy groups -OCH3 is 2. The number of unbranched alkanes of at least 4 members (excludes halogenated alkanes) is 16. The van der Waals surface area contributed by atoms with E-state index >= 15 is 0 Å². The molecule has 0 atom stereocenters. The Kier molecular flexibility index (Phi) is 38.9. The van der Waals surface area contributed by atoms with Crippen molar-refractivity contribution in [3.63, 3.8) is 0 Å². The van der Waals surface area contributed by atoms with E-state index in [1.165, 1.54) is 104 Å². The second kappa shape index (κ2) is 40.5. The second-order valence-electron chi connectivity index (χ2n) is 15.9. The average Bonchev–Trinajstić information content (AvgIpc) is 3.21. The maximum Gasteiger partial charge on any atom is 0.307 e. The molecule has 0 aliphatic heterocycles. The van der Waals surface area contributed by atoms with Gasteiger partial charge in [0.05, 0.1) is 53.1 Å². The van der Waals surface area contributed by atoms with Crippen LogP contribution in [0.15, 0.2) is 0 Å². The van der Waals surface area contributed by atoms with Gasteiger partial charge in [-0.3, -0.25) is 19.2 Å². The third-order valence-electron chi connectivity index (χ3n) is 10.7. The molecule has 57 heavy (non-hydrogen) atoms. The number of nitrogens with zero attached hydrogens (tertiary/aromatic N) is 4. The minimum absolute atomic E-state index is 0.179. The molecular weight excluding hydrogens is 725 g/mol. The largest absolute Gasteiger partial charge is 0.469 e. The zero-order valence-electron chi connectivity index (χ0n) is 37.8. The van der Waals surface area contributed by atoms with E-state index in [0.29, 0.717) is 52.2 Å². The highest BCUT2D eigenvalue weighted by atomic mass is 16.5. The molecule has 0 aromatic heterocycles. The van der Waals surface area contributed by atoms with Gasteiger partial charge in [-0.05, 0) is 46.4 Å². The van der Waals surface area contributed by atoms with Crippen molar-refractivity contribution in [1.82, 2.24) is 19.6 Å². The first kappa shape index (κ1) is 54.7. The van der Waals surface area contributed by atoms with Crippen molar-refractivity contribution in [2.75, 3.05) is 107 Å². The van der Waals surface area contributed by atoms with Crippen molar-refractivity contribution in [2.45, 2.75) is 162 Å². The second-order valence-corrected chi connectivity index (χ2v) is 15.9. The third-order valence-corrected chi connectivity index (χ3v) is 10.7. The zero-order valence-corrected chi connectivity index (χ0v) is 37.8. The Labute approximate surface area is 349 Å². The number of carbonyl (C=O) groups excluding carboxylic acids is 4. The minimum Gasteiger partial charge on any atom is -0.469 e. The van der Waals surface area contributed by atoms with Crippen LogP contribution in [0.5, 0.6) is 0 Å². The fourth-order valence-corrected chi connectivity index (χ4v) is 6.67. The van der Waals surface area contributed by atoms with Crippen LogP contribution in [0.1, 0.15) is 162 Å². The third kappa shape index (κ3) is 37.7. The Morgan fingerprint density at radius 1 is 0.351 bits per heavy atom. The molecule has 0 aromatic carbocycles. The van der Waals surface area contributed by atoms with Crippen LogP contribution in [-0.2, 0) is 38.1 Å². The molecule has 12 heteroatoms. The Morgan fingerprint density at radius 2 is 0.649 bits per heavy atom. The summed E-state index contributed by atoms with van der Waals surface area (Å²) in [6.07, 6.45) is 24.3. The molecule has 0 aliphatic carbocycles. The van der Waals surface area contributed by atoms with Gasteiger partial charge in [0.1, 0.15) is 0 Å². The molecule has 0 radical (unpaired) electrons. The van der Waals surface area contributed by atoms with Gasteiger partial charge in [0.15, 0.2) is 0 Å². The average molecular weight is 813 g/mol. The molecular formula is C45H88N4O8. The van der Waals surface area contributed by atoms with Crippen molar-refractivity contribution in [3.05, 3.63) is 0 Å². The van der Waals surface area contributed by atoms with Crippen molar-refractivity contribution < 1.29 is 38.1 Å². The number of hydrogen-bond donors (Lipinski definition) is 0. The molecule has 0 saturated carbocycles. The molecule has 0 amide bonds. The van der Waals surface area contributed by atoms with E-state index < -0.39 is 0 Å². The van der Waals surface area contributed by atoms with E-state index in [9.17, 15) is 19.2 Å². The number of likely N-dealkylation sites (N-methyl/N-ethyl adjacent to an activating group) is 2. The van der Waals surface area contributed by atoms with Crippen LogP contribution in [0.3, 0.4) is 0 Å². The molecule has 0 aromatic rings. The lowest BCUT2D eigenvalue weighted by atomic mass is 10.1. The van der Waals surface area contributed by atoms with Crippen molar-refractivity contribution in [3.8, 4) is 0 Å². The van der Waals surface area contributed by atoms with Crippen LogP contribution >= 0.6 is 0 Å². The summed E-state index contributed by atoms with van der Waals surface area (Å²) in [6.45, 7) is 12.5. The lowest BCUT2D eigenvalue weighted by molar-refractivity contribution is -0.145. The van der Waals surface area contributed by atoms with Crippen LogP contribution in [-0.4, -0.2) is 150 Å². The molecule has 0 spiro atoms. The summed E-state index contributed by atoms with van der Waals surface area (Å²) in [4.78, 5) is 57.5. The summed E-state index contributed by atoms with van der Waals surface area (Å²) in [5.74, 6) is -0.862. The smallest absolute Gasteiger partial charge is 0.307 e. The van der Waals surface area contributed by atoms with E-state index in [4.69, 9.17) is 18.9 Å². The topological polar surface area (TPSA) is 118 Å². The predicted octanol–water partition coefficient (Wildman–Crippen LogP) is 7.90. The molecule has 0 bridgehead atoms. The number of carbonyl (C=O) groups is 4. The molecule has 0 heterocycles. The lowest BCUT2D eigenvalue weighted by Gasteiger charge is -2.27. The van der Waals surface area contributed by atoms with Gasteiger partial charge < -0.3 is 38.5 Å². The number of esters is 4. The van der Waals surface area contributed by atoms with Gasteiger partial charge in [0, 0.05) is 52.4 Å². The maximum absolute atomic E-state index is 12.5. The Morgan fingerprint density at radius 3 is 0.965 bits per heavy atom. The van der Waals surface area contributed by atoms with E-state index in [0.717, 1.165) is 71.4 Å². The minimum atomic E-state index is -0.252. The fourth-order valence-electron chi connectivity index (χ4n) is 6.67. The summed E-state index contributed by atoms with van der Waals surface area (Å²) < 4.78 is 20.7. The van der Waals surface area contributed by atoms with Gasteiger partial charge in [-0.1, -0.05) is 117 Å². The van der Waals surface area contributed by atoms with E-state index in [1.54, 1.807) is 0 Å². The highest BCUT2D eigenvalue weighted by Crippen LogP contribution is 2.11. The highest BCUT2D eigenvalue weighted by Gasteiger charge is 2.15. The Bertz CT molecular complexity index is 898. The van der Waals surface area contributed by atoms with Gasteiger partial charge in [0.25, 0.3) is 0 Å². The van der Waals surface area contributed by atoms with Crippen LogP contribution in [0, 0.1) is 0 Å². The lowest BCUT2D eigenvalue weighted by Crippen LogP contribution is -2.38. The Hall–Kier alpha value is -2.28. The summed E-state index contributed by atoms with van der Waals surface area (Å²) in [6, 6.07) is 0. The quantitative estimate of drug-likeness (QED) is 0.0339. The molecule has 0 fully saturated rings. The standard InChI is InChI=1S/C45H88N4O8/c1-7-9-11-13-15-17-19-21-23-40-56-44(52)28-34-48(32-26-42(50)54-5)38-36-46(3)30-25-31-47(4)37-39-49(33-27-43(51)55-6)35-29-45(53)57-41-24-22-20-18-16-14-12-10-8-2/h7-41H2,1-6H3. The molecule has 336 valence electrons. The number of ether oxygens (including phenoxy) is 4. The summed E-state index contributed by atoms with van der Waals surface area (Å²) in [5, 5.41) is 0. The summed E-state index contributed by atoms with van der Waals surface area (Å²) >= 11 is 0. The molecule has 0 N–H and O–H groups in total. The van der Waals surface area contributed by atoms with Crippen molar-refractivity contribution in [1.29, 1.82) is 0 Å². The molecule has 12 nitrogen and oxygen atoms in total. The maximum atomic E-state index is 12.5. The van der Waals surface area contributed by atoms with Crippen LogP contribution in [0.25, 0.3) is 0 Å². The normalized spacial score (nSPS) is 11.5. The molecule has 0 aliphatic rings. The SMILES string of the molecule is CCCCCCCCCCCOC(=O)CCN(CCC(=O)OC)CCN(C)CCCN(C)CCN(CCC(=O)OC)CCC(=O)OCCCCCCCCCCC. The van der Waals surface area contributed by atoms with Crippen molar-refractivity contribution in [2.24, 2.45) is 0 Å².